The maximum Gasteiger partial charge on any atom is 0.322 e. The van der Waals surface area contributed by atoms with Crippen LogP contribution in [0, 0.1) is 0 Å². The fourth-order valence-corrected chi connectivity index (χ4v) is 2.76. The Balaban J connectivity index is 1.57. The molecule has 2 atom stereocenters. The van der Waals surface area contributed by atoms with Crippen LogP contribution in [0.1, 0.15) is 18.9 Å². The third-order valence-electron chi connectivity index (χ3n) is 4.29. The van der Waals surface area contributed by atoms with Gasteiger partial charge < -0.3 is 15.2 Å². The molecule has 7 nitrogen and oxygen atoms in total. The predicted octanol–water partition coefficient (Wildman–Crippen LogP) is 2.42. The van der Waals surface area contributed by atoms with Crippen LogP contribution in [0.5, 0.6) is 11.6 Å². The smallest absolute Gasteiger partial charge is 0.322 e. The second-order valence-electron chi connectivity index (χ2n) is 6.23. The fourth-order valence-electron chi connectivity index (χ4n) is 2.65. The maximum absolute atomic E-state index is 11.8. The predicted molar refractivity (Wildman–Crippen MR) is 95.2 cm³/mol. The zero-order chi connectivity index (χ0) is 18.7. The molecular weight excluding hydrogens is 358 g/mol. The highest BCUT2D eigenvalue weighted by molar-refractivity contribution is 6.30. The van der Waals surface area contributed by atoms with E-state index < -0.39 is 23.6 Å². The first-order valence-corrected chi connectivity index (χ1v) is 8.44. The van der Waals surface area contributed by atoms with Crippen molar-refractivity contribution in [3.63, 3.8) is 0 Å². The molecular formula is C18H18ClN3O4. The van der Waals surface area contributed by atoms with E-state index >= 15 is 0 Å². The third kappa shape index (κ3) is 3.95. The molecule has 2 heterocycles. The van der Waals surface area contributed by atoms with Crippen molar-refractivity contribution in [2.24, 2.45) is 0 Å². The zero-order valence-corrected chi connectivity index (χ0v) is 14.8. The van der Waals surface area contributed by atoms with Crippen molar-refractivity contribution in [1.82, 2.24) is 15.6 Å². The van der Waals surface area contributed by atoms with E-state index in [1.54, 1.807) is 24.3 Å². The maximum atomic E-state index is 11.8. The largest absolute Gasteiger partial charge is 0.439 e. The van der Waals surface area contributed by atoms with E-state index in [2.05, 4.69) is 15.6 Å². The minimum absolute atomic E-state index is 0.323. The molecule has 136 valence electrons. The molecule has 8 heteroatoms. The molecule has 2 unspecified atom stereocenters. The average molecular weight is 376 g/mol. The van der Waals surface area contributed by atoms with Crippen LogP contribution >= 0.6 is 11.6 Å². The van der Waals surface area contributed by atoms with Gasteiger partial charge in [0.25, 0.3) is 5.91 Å². The number of amides is 3. The van der Waals surface area contributed by atoms with Crippen molar-refractivity contribution in [2.75, 3.05) is 0 Å². The molecule has 0 spiro atoms. The second-order valence-corrected chi connectivity index (χ2v) is 6.66. The number of carbonyl (C=O) groups excluding carboxylic acids is 2. The molecule has 3 N–H and O–H groups in total. The molecule has 0 bridgehead atoms. The summed E-state index contributed by atoms with van der Waals surface area (Å²) < 4.78 is 5.62. The lowest BCUT2D eigenvalue weighted by molar-refractivity contribution is -0.127. The number of pyridine rings is 1. The summed E-state index contributed by atoms with van der Waals surface area (Å²) in [6, 6.07) is 10.1. The van der Waals surface area contributed by atoms with Gasteiger partial charge in [0.2, 0.25) is 5.88 Å². The molecule has 1 aliphatic heterocycles. The number of ether oxygens (including phenoxy) is 1. The number of benzene rings is 1. The first-order chi connectivity index (χ1) is 12.4. The number of halogens is 1. The minimum Gasteiger partial charge on any atom is -0.439 e. The Bertz CT molecular complexity index is 810. The Kier molecular flexibility index (Phi) is 5.11. The van der Waals surface area contributed by atoms with Gasteiger partial charge in [0.05, 0.1) is 11.1 Å². The van der Waals surface area contributed by atoms with Crippen molar-refractivity contribution in [2.45, 2.75) is 31.4 Å². The molecule has 3 rings (SSSR count). The molecule has 1 aromatic carbocycles. The Morgan fingerprint density at radius 2 is 1.96 bits per heavy atom. The van der Waals surface area contributed by atoms with Gasteiger partial charge in [-0.25, -0.2) is 9.78 Å². The summed E-state index contributed by atoms with van der Waals surface area (Å²) in [5.74, 6) is 0.543. The van der Waals surface area contributed by atoms with Crippen LogP contribution in [-0.4, -0.2) is 33.7 Å². The molecule has 0 saturated carbocycles. The second kappa shape index (κ2) is 7.31. The molecule has 3 amide bonds. The highest BCUT2D eigenvalue weighted by Gasteiger charge is 2.47. The molecule has 0 radical (unpaired) electrons. The van der Waals surface area contributed by atoms with Crippen LogP contribution in [0.4, 0.5) is 4.79 Å². The van der Waals surface area contributed by atoms with Crippen molar-refractivity contribution >= 4 is 23.5 Å². The summed E-state index contributed by atoms with van der Waals surface area (Å²) in [6.45, 7) is 1.51. The molecule has 26 heavy (non-hydrogen) atoms. The van der Waals surface area contributed by atoms with E-state index in [9.17, 15) is 14.7 Å². The van der Waals surface area contributed by atoms with Crippen LogP contribution in [0.15, 0.2) is 42.6 Å². The Hall–Kier alpha value is -2.64. The van der Waals surface area contributed by atoms with E-state index in [1.165, 1.54) is 13.1 Å². The average Bonchev–Trinajstić information content (AvgIpc) is 2.89. The summed E-state index contributed by atoms with van der Waals surface area (Å²) in [5.41, 5.74) is -0.339. The van der Waals surface area contributed by atoms with Gasteiger partial charge in [-0.05, 0) is 43.5 Å². The summed E-state index contributed by atoms with van der Waals surface area (Å²) >= 11 is 5.78. The third-order valence-corrected chi connectivity index (χ3v) is 4.51. The molecule has 1 aromatic heterocycles. The summed E-state index contributed by atoms with van der Waals surface area (Å²) in [7, 11) is 0. The number of urea groups is 1. The SMILES string of the molecule is CC1(C(O)CCc2ccc(Oc3ccc(Cl)cn3)cc2)NC(=O)NC1=O. The van der Waals surface area contributed by atoms with Crippen LogP contribution in [0.2, 0.25) is 5.02 Å². The number of nitrogens with one attached hydrogen (secondary N) is 2. The first-order valence-electron chi connectivity index (χ1n) is 8.07. The number of nitrogens with zero attached hydrogens (tertiary/aromatic N) is 1. The van der Waals surface area contributed by atoms with Gasteiger partial charge in [-0.2, -0.15) is 0 Å². The van der Waals surface area contributed by atoms with Gasteiger partial charge in [0, 0.05) is 12.3 Å². The van der Waals surface area contributed by atoms with Crippen LogP contribution in [-0.2, 0) is 11.2 Å². The van der Waals surface area contributed by atoms with Crippen molar-refractivity contribution in [3.05, 3.63) is 53.2 Å². The van der Waals surface area contributed by atoms with Crippen molar-refractivity contribution in [1.29, 1.82) is 0 Å². The molecule has 1 saturated heterocycles. The number of carbonyl (C=O) groups is 2. The highest BCUT2D eigenvalue weighted by Crippen LogP contribution is 2.23. The fraction of sp³-hybridized carbons (Fsp3) is 0.278. The Morgan fingerprint density at radius 3 is 2.54 bits per heavy atom. The van der Waals surface area contributed by atoms with Gasteiger partial charge in [-0.15, -0.1) is 0 Å². The number of hydrogen-bond acceptors (Lipinski definition) is 5. The Morgan fingerprint density at radius 1 is 1.23 bits per heavy atom. The van der Waals surface area contributed by atoms with Crippen LogP contribution < -0.4 is 15.4 Å². The van der Waals surface area contributed by atoms with E-state index in [4.69, 9.17) is 16.3 Å². The first kappa shape index (κ1) is 18.2. The number of aliphatic hydroxyl groups is 1. The number of aryl methyl sites for hydroxylation is 1. The Labute approximate surface area is 155 Å². The number of rotatable bonds is 6. The van der Waals surface area contributed by atoms with E-state index in [0.717, 1.165) is 5.56 Å². The van der Waals surface area contributed by atoms with Crippen LogP contribution in [0.3, 0.4) is 0 Å². The van der Waals surface area contributed by atoms with E-state index in [-0.39, 0.29) is 0 Å². The normalized spacial score (nSPS) is 20.4. The molecule has 0 aliphatic carbocycles. The molecule has 2 aromatic rings. The van der Waals surface area contributed by atoms with Gasteiger partial charge in [0.15, 0.2) is 0 Å². The summed E-state index contributed by atoms with van der Waals surface area (Å²) in [6.07, 6.45) is 1.37. The van der Waals surface area contributed by atoms with Gasteiger partial charge >= 0.3 is 6.03 Å². The molecule has 1 aliphatic rings. The topological polar surface area (TPSA) is 101 Å². The lowest BCUT2D eigenvalue weighted by Gasteiger charge is -2.26. The van der Waals surface area contributed by atoms with Gasteiger partial charge in [0.1, 0.15) is 11.3 Å². The van der Waals surface area contributed by atoms with Gasteiger partial charge in [-0.3, -0.25) is 10.1 Å². The van der Waals surface area contributed by atoms with Crippen molar-refractivity contribution in [3.8, 4) is 11.6 Å². The monoisotopic (exact) mass is 375 g/mol. The highest BCUT2D eigenvalue weighted by atomic mass is 35.5. The minimum atomic E-state index is -1.31. The summed E-state index contributed by atoms with van der Waals surface area (Å²) in [4.78, 5) is 27.1. The lowest BCUT2D eigenvalue weighted by Crippen LogP contribution is -2.53. The number of aliphatic hydroxyl groups excluding tert-OH is 1. The lowest BCUT2D eigenvalue weighted by atomic mass is 9.90. The van der Waals surface area contributed by atoms with E-state index in [1.807, 2.05) is 12.1 Å². The number of aromatic nitrogens is 1. The van der Waals surface area contributed by atoms with E-state index in [0.29, 0.717) is 29.5 Å². The summed E-state index contributed by atoms with van der Waals surface area (Å²) in [5, 5.41) is 15.5. The number of imide groups is 1. The molecule has 1 fully saturated rings. The van der Waals surface area contributed by atoms with Crippen LogP contribution in [0.25, 0.3) is 0 Å². The van der Waals surface area contributed by atoms with Crippen molar-refractivity contribution < 1.29 is 19.4 Å². The zero-order valence-electron chi connectivity index (χ0n) is 14.0. The number of hydrogen-bond donors (Lipinski definition) is 3. The quantitative estimate of drug-likeness (QED) is 0.673. The van der Waals surface area contributed by atoms with Gasteiger partial charge in [-0.1, -0.05) is 23.7 Å². The standard InChI is InChI=1S/C18H18ClN3O4/c1-18(16(24)21-17(25)22-18)14(23)8-4-11-2-6-13(7-3-11)26-15-9-5-12(19)10-20-15/h2-3,5-7,9-10,14,23H,4,8H2,1H3,(H2,21,22,24,25).